The summed E-state index contributed by atoms with van der Waals surface area (Å²) in [6.45, 7) is 0. The van der Waals surface area contributed by atoms with Crippen LogP contribution >= 0.6 is 37.2 Å². The molecule has 0 heterocycles. The maximum atomic E-state index is 0. The van der Waals surface area contributed by atoms with Crippen molar-refractivity contribution in [2.24, 2.45) is 0 Å². The fraction of sp³-hybridized carbons (Fsp3) is 0. The summed E-state index contributed by atoms with van der Waals surface area (Å²) in [7, 11) is 0. The van der Waals surface area contributed by atoms with Crippen LogP contribution in [0.15, 0.2) is 0 Å². The van der Waals surface area contributed by atoms with Gasteiger partial charge in [-0.3, -0.25) is 0 Å². The van der Waals surface area contributed by atoms with Crippen LogP contribution < -0.4 is 0 Å². The molecule has 0 fully saturated rings. The van der Waals surface area contributed by atoms with E-state index < -0.39 is 0 Å². The van der Waals surface area contributed by atoms with Gasteiger partial charge in [0.2, 0.25) is 0 Å². The first kappa shape index (κ1) is 49.7. The fourth-order valence-electron chi connectivity index (χ4n) is 0. The van der Waals surface area contributed by atoms with Crippen LogP contribution in [-0.4, -0.2) is 0 Å². The van der Waals surface area contributed by atoms with Crippen molar-refractivity contribution in [2.45, 2.75) is 0 Å². The third-order valence-corrected chi connectivity index (χ3v) is 0. The molecule has 0 saturated heterocycles. The molecule has 0 aromatic rings. The van der Waals surface area contributed by atoms with Crippen LogP contribution in [0.5, 0.6) is 0 Å². The van der Waals surface area contributed by atoms with Gasteiger partial charge in [-0.25, -0.2) is 0 Å². The second-order valence-corrected chi connectivity index (χ2v) is 0. The van der Waals surface area contributed by atoms with E-state index in [1.807, 2.05) is 0 Å². The molecule has 0 aromatic carbocycles. The molecule has 0 atom stereocenters. The van der Waals surface area contributed by atoms with E-state index in [0.29, 0.717) is 0 Å². The molecule has 4 heavy (non-hydrogen) atoms. The third-order valence-electron chi connectivity index (χ3n) is 0. The maximum absolute atomic E-state index is 0. The zero-order chi connectivity index (χ0) is 0. The summed E-state index contributed by atoms with van der Waals surface area (Å²) in [4.78, 5) is 0. The van der Waals surface area contributed by atoms with E-state index in [1.54, 1.807) is 0 Å². The average molecular weight is 210 g/mol. The Morgan fingerprint density at radius 2 is 0.500 bits per heavy atom. The van der Waals surface area contributed by atoms with Gasteiger partial charge in [0.05, 0.1) is 0 Å². The van der Waals surface area contributed by atoms with Crippen molar-refractivity contribution in [3.63, 3.8) is 0 Å². The normalized spacial score (nSPS) is 0. The van der Waals surface area contributed by atoms with Gasteiger partial charge in [-0.1, -0.05) is 0 Å². The van der Waals surface area contributed by atoms with Crippen LogP contribution in [0.2, 0.25) is 0 Å². The van der Waals surface area contributed by atoms with Crippen LogP contribution in [0.3, 0.4) is 0 Å². The maximum Gasteiger partial charge on any atom is 0 e. The number of hydrogen-bond acceptors (Lipinski definition) is 0. The molecule has 0 rings (SSSR count). The van der Waals surface area contributed by atoms with E-state index in [4.69, 9.17) is 0 Å². The third kappa shape index (κ3) is 9.74. The molecule has 0 aliphatic heterocycles. The number of halogens is 3. The van der Waals surface area contributed by atoms with Crippen molar-refractivity contribution in [1.82, 2.24) is 0 Å². The Morgan fingerprint density at radius 1 is 0.500 bits per heavy atom. The summed E-state index contributed by atoms with van der Waals surface area (Å²) in [5.74, 6) is 0. The van der Waals surface area contributed by atoms with Crippen LogP contribution in [0.1, 0.15) is 0 Å². The molecule has 0 unspecified atom stereocenters. The Bertz CT molecular complexity index is 3.25. The summed E-state index contributed by atoms with van der Waals surface area (Å²) < 4.78 is 0. The standard InChI is InChI=1S/3ClH.Ru/h3*1H;. The quantitative estimate of drug-likeness (QED) is 0.528. The van der Waals surface area contributed by atoms with Gasteiger partial charge in [-0.05, 0) is 0 Å². The van der Waals surface area contributed by atoms with Gasteiger partial charge in [0, 0.05) is 19.5 Å². The first-order valence-corrected chi connectivity index (χ1v) is 0. The molecule has 0 N–H and O–H groups in total. The van der Waals surface area contributed by atoms with E-state index in [2.05, 4.69) is 0 Å². The average Bonchev–Trinajstić information content (AvgIpc) is 0. The van der Waals surface area contributed by atoms with E-state index in [-0.39, 0.29) is 56.7 Å². The van der Waals surface area contributed by atoms with Crippen molar-refractivity contribution in [2.75, 3.05) is 0 Å². The Hall–Kier alpha value is 1.49. The van der Waals surface area contributed by atoms with E-state index in [9.17, 15) is 0 Å². The van der Waals surface area contributed by atoms with Gasteiger partial charge in [-0.15, -0.1) is 37.2 Å². The number of hydrogen-bond donors (Lipinski definition) is 0. The zero-order valence-corrected chi connectivity index (χ0v) is 5.77. The predicted octanol–water partition coefficient (Wildman–Crippen LogP) is 1.26. The molecule has 0 amide bonds. The Labute approximate surface area is 56.7 Å². The van der Waals surface area contributed by atoms with Gasteiger partial charge in [0.15, 0.2) is 0 Å². The molecule has 0 spiro atoms. The molecule has 0 aliphatic carbocycles. The largest absolute Gasteiger partial charge is 0.147 e. The molecule has 0 saturated carbocycles. The van der Waals surface area contributed by atoms with Crippen LogP contribution in [-0.2, 0) is 19.5 Å². The summed E-state index contributed by atoms with van der Waals surface area (Å²) in [5, 5.41) is 0. The van der Waals surface area contributed by atoms with Crippen LogP contribution in [0.25, 0.3) is 0 Å². The van der Waals surface area contributed by atoms with Crippen molar-refractivity contribution in [3.05, 3.63) is 0 Å². The second kappa shape index (κ2) is 24.6. The molecule has 0 radical (unpaired) electrons. The molecule has 0 bridgehead atoms. The van der Waals surface area contributed by atoms with Gasteiger partial charge in [0.25, 0.3) is 0 Å². The van der Waals surface area contributed by atoms with Gasteiger partial charge in [-0.2, -0.15) is 0 Å². The van der Waals surface area contributed by atoms with E-state index in [1.165, 1.54) is 0 Å². The van der Waals surface area contributed by atoms with Crippen molar-refractivity contribution in [3.8, 4) is 0 Å². The molecule has 32 valence electrons. The number of rotatable bonds is 0. The topological polar surface area (TPSA) is 0 Å². The van der Waals surface area contributed by atoms with Crippen molar-refractivity contribution in [1.29, 1.82) is 0 Å². The Balaban J connectivity index is 0. The van der Waals surface area contributed by atoms with Crippen molar-refractivity contribution < 1.29 is 19.5 Å². The molecular formula is H3Cl3Ru. The first-order chi connectivity index (χ1) is 0. The monoisotopic (exact) mass is 210 g/mol. The second-order valence-electron chi connectivity index (χ2n) is 0. The minimum atomic E-state index is 0. The SMILES string of the molecule is Cl.Cl.Cl.[Ru]. The van der Waals surface area contributed by atoms with E-state index in [0.717, 1.165) is 0 Å². The molecule has 0 aromatic heterocycles. The van der Waals surface area contributed by atoms with Gasteiger partial charge >= 0.3 is 0 Å². The van der Waals surface area contributed by atoms with Gasteiger partial charge in [0.1, 0.15) is 0 Å². The Kier molecular flexibility index (Phi) is 306. The summed E-state index contributed by atoms with van der Waals surface area (Å²) >= 11 is 0. The molecule has 4 heteroatoms. The molecular weight excluding hydrogens is 207 g/mol. The summed E-state index contributed by atoms with van der Waals surface area (Å²) in [6, 6.07) is 0. The molecule has 0 aliphatic rings. The van der Waals surface area contributed by atoms with Crippen LogP contribution in [0.4, 0.5) is 0 Å². The summed E-state index contributed by atoms with van der Waals surface area (Å²) in [5.41, 5.74) is 0. The predicted molar refractivity (Wildman–Crippen MR) is 21.7 cm³/mol. The van der Waals surface area contributed by atoms with Gasteiger partial charge < -0.3 is 0 Å². The minimum absolute atomic E-state index is 0. The fourth-order valence-corrected chi connectivity index (χ4v) is 0. The first-order valence-electron chi connectivity index (χ1n) is 0. The molecule has 0 nitrogen and oxygen atoms in total. The van der Waals surface area contributed by atoms with E-state index >= 15 is 0 Å². The van der Waals surface area contributed by atoms with Crippen molar-refractivity contribution >= 4 is 37.2 Å². The summed E-state index contributed by atoms with van der Waals surface area (Å²) in [6.07, 6.45) is 0. The van der Waals surface area contributed by atoms with Crippen LogP contribution in [0, 0.1) is 0 Å². The Morgan fingerprint density at radius 3 is 0.500 bits per heavy atom. The minimum Gasteiger partial charge on any atom is -0.147 e. The zero-order valence-electron chi connectivity index (χ0n) is 1.58. The smallest absolute Gasteiger partial charge is 0 e.